The molecule has 0 N–H and O–H groups in total. The highest BCUT2D eigenvalue weighted by molar-refractivity contribution is 5.96. The maximum Gasteiger partial charge on any atom is 0.238 e. The van der Waals surface area contributed by atoms with Crippen molar-refractivity contribution in [1.29, 1.82) is 0 Å². The highest BCUT2D eigenvalue weighted by Gasteiger charge is 2.25. The molecule has 0 aromatic carbocycles. The first-order valence-electron chi connectivity index (χ1n) is 6.04. The normalized spacial score (nSPS) is 13.8. The predicted octanol–water partition coefficient (Wildman–Crippen LogP) is 1.35. The van der Waals surface area contributed by atoms with E-state index in [1.807, 2.05) is 19.1 Å². The molecule has 1 amide bonds. The third-order valence-electron chi connectivity index (χ3n) is 2.95. The second-order valence-electron chi connectivity index (χ2n) is 4.34. The average molecular weight is 259 g/mol. The first-order chi connectivity index (χ1) is 9.24. The molecule has 1 aliphatic rings. The second kappa shape index (κ2) is 4.72. The SMILES string of the molecule is Cc1ccc2c(n1)OCCN2C(=O)Cc1ccon1. The molecule has 6 heteroatoms. The van der Waals surface area contributed by atoms with Crippen molar-refractivity contribution in [3.05, 3.63) is 35.9 Å². The van der Waals surface area contributed by atoms with Gasteiger partial charge in [0.25, 0.3) is 0 Å². The van der Waals surface area contributed by atoms with Crippen LogP contribution in [0.15, 0.2) is 29.0 Å². The Hall–Kier alpha value is -2.37. The van der Waals surface area contributed by atoms with Crippen LogP contribution >= 0.6 is 0 Å². The van der Waals surface area contributed by atoms with Gasteiger partial charge in [-0.3, -0.25) is 4.79 Å². The molecule has 6 nitrogen and oxygen atoms in total. The molecule has 0 aliphatic carbocycles. The highest BCUT2D eigenvalue weighted by Crippen LogP contribution is 2.29. The minimum atomic E-state index is -0.0379. The van der Waals surface area contributed by atoms with Gasteiger partial charge in [-0.1, -0.05) is 5.16 Å². The number of carbonyl (C=O) groups is 1. The number of carbonyl (C=O) groups excluding carboxylic acids is 1. The molecule has 0 fully saturated rings. The molecule has 2 aromatic rings. The second-order valence-corrected chi connectivity index (χ2v) is 4.34. The summed E-state index contributed by atoms with van der Waals surface area (Å²) in [6.45, 7) is 2.86. The molecule has 0 radical (unpaired) electrons. The maximum absolute atomic E-state index is 12.3. The van der Waals surface area contributed by atoms with Crippen LogP contribution < -0.4 is 9.64 Å². The van der Waals surface area contributed by atoms with E-state index in [0.29, 0.717) is 30.4 Å². The van der Waals surface area contributed by atoms with Crippen LogP contribution in [0.3, 0.4) is 0 Å². The van der Waals surface area contributed by atoms with Crippen LogP contribution in [-0.4, -0.2) is 29.2 Å². The lowest BCUT2D eigenvalue weighted by molar-refractivity contribution is -0.118. The first kappa shape index (κ1) is 11.7. The summed E-state index contributed by atoms with van der Waals surface area (Å²) in [5.74, 6) is 0.476. The number of anilines is 1. The number of amides is 1. The van der Waals surface area contributed by atoms with Crippen molar-refractivity contribution in [3.63, 3.8) is 0 Å². The number of hydrogen-bond acceptors (Lipinski definition) is 5. The lowest BCUT2D eigenvalue weighted by Crippen LogP contribution is -2.39. The fourth-order valence-electron chi connectivity index (χ4n) is 2.03. The van der Waals surface area contributed by atoms with E-state index in [-0.39, 0.29) is 12.3 Å². The topological polar surface area (TPSA) is 68.5 Å². The van der Waals surface area contributed by atoms with E-state index in [0.717, 1.165) is 5.69 Å². The van der Waals surface area contributed by atoms with Crippen LogP contribution in [0.5, 0.6) is 5.88 Å². The Bertz CT molecular complexity index is 595. The molecule has 0 atom stereocenters. The number of ether oxygens (including phenoxy) is 1. The molecular formula is C13H13N3O3. The van der Waals surface area contributed by atoms with Gasteiger partial charge in [0.15, 0.2) is 0 Å². The zero-order valence-electron chi connectivity index (χ0n) is 10.5. The van der Waals surface area contributed by atoms with Gasteiger partial charge in [0.1, 0.15) is 18.6 Å². The quantitative estimate of drug-likeness (QED) is 0.814. The average Bonchev–Trinajstić information content (AvgIpc) is 2.90. The Labute approximate surface area is 110 Å². The molecule has 3 rings (SSSR count). The number of fused-ring (bicyclic) bond motifs is 1. The predicted molar refractivity (Wildman–Crippen MR) is 67.0 cm³/mol. The van der Waals surface area contributed by atoms with Gasteiger partial charge in [0.2, 0.25) is 11.8 Å². The number of aromatic nitrogens is 2. The van der Waals surface area contributed by atoms with E-state index in [4.69, 9.17) is 9.26 Å². The molecule has 19 heavy (non-hydrogen) atoms. The van der Waals surface area contributed by atoms with Gasteiger partial charge >= 0.3 is 0 Å². The van der Waals surface area contributed by atoms with Gasteiger partial charge in [-0.05, 0) is 19.1 Å². The van der Waals surface area contributed by atoms with E-state index in [1.54, 1.807) is 11.0 Å². The van der Waals surface area contributed by atoms with Crippen molar-refractivity contribution < 1.29 is 14.1 Å². The zero-order valence-corrected chi connectivity index (χ0v) is 10.5. The maximum atomic E-state index is 12.3. The lowest BCUT2D eigenvalue weighted by atomic mass is 10.2. The summed E-state index contributed by atoms with van der Waals surface area (Å²) in [5.41, 5.74) is 2.20. The fraction of sp³-hybridized carbons (Fsp3) is 0.308. The summed E-state index contributed by atoms with van der Waals surface area (Å²) in [6, 6.07) is 5.41. The van der Waals surface area contributed by atoms with E-state index < -0.39 is 0 Å². The molecule has 0 spiro atoms. The Morgan fingerprint density at radius 3 is 3.11 bits per heavy atom. The van der Waals surface area contributed by atoms with Gasteiger partial charge in [0, 0.05) is 11.8 Å². The first-order valence-corrected chi connectivity index (χ1v) is 6.04. The molecule has 0 unspecified atom stereocenters. The third kappa shape index (κ3) is 2.29. The van der Waals surface area contributed by atoms with Gasteiger partial charge in [0.05, 0.1) is 18.7 Å². The van der Waals surface area contributed by atoms with Gasteiger partial charge in [-0.2, -0.15) is 0 Å². The largest absolute Gasteiger partial charge is 0.474 e. The van der Waals surface area contributed by atoms with Crippen molar-refractivity contribution in [3.8, 4) is 5.88 Å². The van der Waals surface area contributed by atoms with E-state index in [9.17, 15) is 4.79 Å². The molecule has 0 saturated heterocycles. The number of hydrogen-bond donors (Lipinski definition) is 0. The van der Waals surface area contributed by atoms with Crippen molar-refractivity contribution >= 4 is 11.6 Å². The highest BCUT2D eigenvalue weighted by atomic mass is 16.5. The molecule has 3 heterocycles. The summed E-state index contributed by atoms with van der Waals surface area (Å²) < 4.78 is 10.2. The van der Waals surface area contributed by atoms with Crippen LogP contribution in [0.25, 0.3) is 0 Å². The van der Waals surface area contributed by atoms with E-state index in [1.165, 1.54) is 6.26 Å². The Morgan fingerprint density at radius 2 is 2.32 bits per heavy atom. The van der Waals surface area contributed by atoms with Crippen molar-refractivity contribution in [2.75, 3.05) is 18.1 Å². The van der Waals surface area contributed by atoms with E-state index in [2.05, 4.69) is 10.1 Å². The molecular weight excluding hydrogens is 246 g/mol. The molecule has 0 bridgehead atoms. The Morgan fingerprint density at radius 1 is 1.42 bits per heavy atom. The van der Waals surface area contributed by atoms with Crippen LogP contribution in [0, 0.1) is 6.92 Å². The standard InChI is InChI=1S/C13H13N3O3/c1-9-2-3-11-13(14-9)18-7-5-16(11)12(17)8-10-4-6-19-15-10/h2-4,6H,5,7-8H2,1H3. The molecule has 0 saturated carbocycles. The summed E-state index contributed by atoms with van der Waals surface area (Å²) >= 11 is 0. The molecule has 1 aliphatic heterocycles. The number of nitrogens with zero attached hydrogens (tertiary/aromatic N) is 3. The van der Waals surface area contributed by atoms with Gasteiger partial charge < -0.3 is 14.2 Å². The Balaban J connectivity index is 1.85. The number of rotatable bonds is 2. The number of pyridine rings is 1. The van der Waals surface area contributed by atoms with Crippen LogP contribution in [-0.2, 0) is 11.2 Å². The van der Waals surface area contributed by atoms with Crippen LogP contribution in [0.2, 0.25) is 0 Å². The monoisotopic (exact) mass is 259 g/mol. The van der Waals surface area contributed by atoms with Crippen molar-refractivity contribution in [1.82, 2.24) is 10.1 Å². The summed E-state index contributed by atoms with van der Waals surface area (Å²) in [4.78, 5) is 18.2. The number of aryl methyl sites for hydroxylation is 1. The molecule has 2 aromatic heterocycles. The molecule has 98 valence electrons. The van der Waals surface area contributed by atoms with Crippen LogP contribution in [0.1, 0.15) is 11.4 Å². The van der Waals surface area contributed by atoms with Crippen molar-refractivity contribution in [2.24, 2.45) is 0 Å². The summed E-state index contributed by atoms with van der Waals surface area (Å²) in [7, 11) is 0. The third-order valence-corrected chi connectivity index (χ3v) is 2.95. The van der Waals surface area contributed by atoms with Gasteiger partial charge in [-0.15, -0.1) is 0 Å². The minimum Gasteiger partial charge on any atom is -0.474 e. The minimum absolute atomic E-state index is 0.0379. The zero-order chi connectivity index (χ0) is 13.2. The van der Waals surface area contributed by atoms with Crippen LogP contribution in [0.4, 0.5) is 5.69 Å². The smallest absolute Gasteiger partial charge is 0.238 e. The van der Waals surface area contributed by atoms with Crippen molar-refractivity contribution in [2.45, 2.75) is 13.3 Å². The fourth-order valence-corrected chi connectivity index (χ4v) is 2.03. The summed E-state index contributed by atoms with van der Waals surface area (Å²) in [6.07, 6.45) is 1.67. The van der Waals surface area contributed by atoms with E-state index >= 15 is 0 Å². The lowest BCUT2D eigenvalue weighted by Gasteiger charge is -2.28. The van der Waals surface area contributed by atoms with Gasteiger partial charge in [-0.25, -0.2) is 4.98 Å². The Kier molecular flexibility index (Phi) is 2.91. The summed E-state index contributed by atoms with van der Waals surface area (Å²) in [5, 5.41) is 3.75.